The molecule has 2 rings (SSSR count). The molecule has 0 radical (unpaired) electrons. The third-order valence-electron chi connectivity index (χ3n) is 3.63. The number of hydrogen-bond acceptors (Lipinski definition) is 3. The molecule has 1 fully saturated rings. The van der Waals surface area contributed by atoms with Gasteiger partial charge in [0.2, 0.25) is 0 Å². The summed E-state index contributed by atoms with van der Waals surface area (Å²) in [7, 11) is 0. The van der Waals surface area contributed by atoms with Crippen LogP contribution in [0.1, 0.15) is 37.3 Å². The molecule has 1 aromatic heterocycles. The number of nitrogens with zero attached hydrogens (tertiary/aromatic N) is 3. The van der Waals surface area contributed by atoms with E-state index >= 15 is 0 Å². The molecule has 1 aliphatic rings. The van der Waals surface area contributed by atoms with Crippen molar-refractivity contribution >= 4 is 12.0 Å². The molecule has 1 atom stereocenters. The van der Waals surface area contributed by atoms with Crippen molar-refractivity contribution in [2.45, 2.75) is 38.6 Å². The van der Waals surface area contributed by atoms with Crippen molar-refractivity contribution in [3.8, 4) is 0 Å². The average Bonchev–Trinajstić information content (AvgIpc) is 2.90. The fraction of sp³-hybridized carbons (Fsp3) is 0.643. The highest BCUT2D eigenvalue weighted by Crippen LogP contribution is 2.21. The predicted octanol–water partition coefficient (Wildman–Crippen LogP) is 1.40. The summed E-state index contributed by atoms with van der Waals surface area (Å²) < 4.78 is 1.93. The Morgan fingerprint density at radius 3 is 3.00 bits per heavy atom. The van der Waals surface area contributed by atoms with Crippen LogP contribution in [0, 0.1) is 6.92 Å². The summed E-state index contributed by atoms with van der Waals surface area (Å²) in [5.74, 6) is -0.837. The van der Waals surface area contributed by atoms with E-state index < -0.39 is 5.97 Å². The molecule has 116 valence electrons. The van der Waals surface area contributed by atoms with Gasteiger partial charge >= 0.3 is 12.0 Å². The van der Waals surface area contributed by atoms with Crippen LogP contribution >= 0.6 is 0 Å². The van der Waals surface area contributed by atoms with Gasteiger partial charge in [-0.15, -0.1) is 0 Å². The minimum atomic E-state index is -0.837. The smallest absolute Gasteiger partial charge is 0.317 e. The van der Waals surface area contributed by atoms with Crippen LogP contribution in [0.5, 0.6) is 0 Å². The molecule has 2 N–H and O–H groups in total. The number of amides is 2. The minimum Gasteiger partial charge on any atom is -0.481 e. The zero-order valence-corrected chi connectivity index (χ0v) is 12.3. The van der Waals surface area contributed by atoms with Crippen LogP contribution in [-0.2, 0) is 4.79 Å². The van der Waals surface area contributed by atoms with E-state index in [1.54, 1.807) is 4.90 Å². The van der Waals surface area contributed by atoms with Gasteiger partial charge in [0.15, 0.2) is 0 Å². The lowest BCUT2D eigenvalue weighted by Crippen LogP contribution is -2.46. The molecule has 1 aliphatic heterocycles. The SMILES string of the molecule is Cc1cnn([C@H]2CCCN(C(=O)NCCCC(=O)O)C2)c1. The molecule has 7 nitrogen and oxygen atoms in total. The summed E-state index contributed by atoms with van der Waals surface area (Å²) in [5, 5.41) is 15.7. The fourth-order valence-corrected chi connectivity index (χ4v) is 2.53. The Kier molecular flexibility index (Phi) is 5.19. The van der Waals surface area contributed by atoms with E-state index in [4.69, 9.17) is 5.11 Å². The van der Waals surface area contributed by atoms with Crippen molar-refractivity contribution in [2.75, 3.05) is 19.6 Å². The molecule has 0 spiro atoms. The summed E-state index contributed by atoms with van der Waals surface area (Å²) >= 11 is 0. The van der Waals surface area contributed by atoms with E-state index in [0.717, 1.165) is 24.9 Å². The topological polar surface area (TPSA) is 87.5 Å². The normalized spacial score (nSPS) is 18.5. The summed E-state index contributed by atoms with van der Waals surface area (Å²) in [4.78, 5) is 24.3. The number of carboxylic acids is 1. The van der Waals surface area contributed by atoms with E-state index in [-0.39, 0.29) is 18.5 Å². The van der Waals surface area contributed by atoms with Crippen molar-refractivity contribution in [3.63, 3.8) is 0 Å². The molecule has 1 saturated heterocycles. The lowest BCUT2D eigenvalue weighted by Gasteiger charge is -2.32. The molecule has 2 amide bonds. The van der Waals surface area contributed by atoms with Gasteiger partial charge in [0.25, 0.3) is 0 Å². The van der Waals surface area contributed by atoms with Crippen molar-refractivity contribution in [1.82, 2.24) is 20.0 Å². The maximum Gasteiger partial charge on any atom is 0.317 e. The third kappa shape index (κ3) is 4.47. The maximum atomic E-state index is 12.1. The Labute approximate surface area is 123 Å². The first-order chi connectivity index (χ1) is 10.1. The molecule has 0 unspecified atom stereocenters. The van der Waals surface area contributed by atoms with Crippen molar-refractivity contribution in [1.29, 1.82) is 0 Å². The first-order valence-electron chi connectivity index (χ1n) is 7.31. The van der Waals surface area contributed by atoms with Crippen molar-refractivity contribution in [3.05, 3.63) is 18.0 Å². The summed E-state index contributed by atoms with van der Waals surface area (Å²) in [6.45, 7) is 3.78. The van der Waals surface area contributed by atoms with Gasteiger partial charge in [-0.3, -0.25) is 9.48 Å². The summed E-state index contributed by atoms with van der Waals surface area (Å²) in [6, 6.07) is 0.103. The number of hydrogen-bond donors (Lipinski definition) is 2. The molecule has 7 heteroatoms. The standard InChI is InChI=1S/C14H22N4O3/c1-11-8-16-18(9-11)12-4-3-7-17(10-12)14(21)15-6-2-5-13(19)20/h8-9,12H,2-7,10H2,1H3,(H,15,21)(H,19,20)/t12-/m0/s1. The minimum absolute atomic E-state index is 0.0788. The van der Waals surface area contributed by atoms with Gasteiger partial charge in [-0.25, -0.2) is 4.79 Å². The van der Waals surface area contributed by atoms with E-state index in [1.165, 1.54) is 0 Å². The zero-order chi connectivity index (χ0) is 15.2. The monoisotopic (exact) mass is 294 g/mol. The Balaban J connectivity index is 1.80. The molecule has 0 saturated carbocycles. The van der Waals surface area contributed by atoms with Gasteiger partial charge in [-0.1, -0.05) is 0 Å². The summed E-state index contributed by atoms with van der Waals surface area (Å²) in [5.41, 5.74) is 1.12. The first kappa shape index (κ1) is 15.3. The van der Waals surface area contributed by atoms with E-state index in [0.29, 0.717) is 19.5 Å². The maximum absolute atomic E-state index is 12.1. The number of aryl methyl sites for hydroxylation is 1. The predicted molar refractivity (Wildman–Crippen MR) is 77.1 cm³/mol. The highest BCUT2D eigenvalue weighted by atomic mass is 16.4. The van der Waals surface area contributed by atoms with Gasteiger partial charge in [-0.05, 0) is 31.7 Å². The van der Waals surface area contributed by atoms with Gasteiger partial charge in [0, 0.05) is 32.3 Å². The van der Waals surface area contributed by atoms with Crippen LogP contribution in [0.3, 0.4) is 0 Å². The molecule has 0 aliphatic carbocycles. The molecule has 0 aromatic carbocycles. The van der Waals surface area contributed by atoms with Gasteiger partial charge < -0.3 is 15.3 Å². The van der Waals surface area contributed by atoms with Crippen LogP contribution in [0.2, 0.25) is 0 Å². The molecular weight excluding hydrogens is 272 g/mol. The third-order valence-corrected chi connectivity index (χ3v) is 3.63. The van der Waals surface area contributed by atoms with Crippen LogP contribution in [0.25, 0.3) is 0 Å². The van der Waals surface area contributed by atoms with Crippen molar-refractivity contribution < 1.29 is 14.7 Å². The highest BCUT2D eigenvalue weighted by Gasteiger charge is 2.24. The number of likely N-dealkylation sites (tertiary alicyclic amines) is 1. The molecule has 2 heterocycles. The number of urea groups is 1. The number of nitrogens with one attached hydrogen (secondary N) is 1. The van der Waals surface area contributed by atoms with Gasteiger partial charge in [0.05, 0.1) is 12.2 Å². The molecular formula is C14H22N4O3. The lowest BCUT2D eigenvalue weighted by atomic mass is 10.1. The number of rotatable bonds is 5. The van der Waals surface area contributed by atoms with Crippen LogP contribution in [0.4, 0.5) is 4.79 Å². The molecule has 21 heavy (non-hydrogen) atoms. The second-order valence-electron chi connectivity index (χ2n) is 5.47. The van der Waals surface area contributed by atoms with Crippen LogP contribution < -0.4 is 5.32 Å². The Morgan fingerprint density at radius 2 is 2.33 bits per heavy atom. The van der Waals surface area contributed by atoms with E-state index in [1.807, 2.05) is 24.0 Å². The number of aliphatic carboxylic acids is 1. The first-order valence-corrected chi connectivity index (χ1v) is 7.31. The van der Waals surface area contributed by atoms with E-state index in [9.17, 15) is 9.59 Å². The van der Waals surface area contributed by atoms with Crippen LogP contribution in [0.15, 0.2) is 12.4 Å². The fourth-order valence-electron chi connectivity index (χ4n) is 2.53. The Hall–Kier alpha value is -2.05. The number of carboxylic acid groups (broad SMARTS) is 1. The molecule has 1 aromatic rings. The largest absolute Gasteiger partial charge is 0.481 e. The van der Waals surface area contributed by atoms with Gasteiger partial charge in [-0.2, -0.15) is 5.10 Å². The Bertz CT molecular complexity index is 500. The lowest BCUT2D eigenvalue weighted by molar-refractivity contribution is -0.137. The van der Waals surface area contributed by atoms with Crippen molar-refractivity contribution in [2.24, 2.45) is 0 Å². The Morgan fingerprint density at radius 1 is 1.52 bits per heavy atom. The number of carbonyl (C=O) groups excluding carboxylic acids is 1. The van der Waals surface area contributed by atoms with Gasteiger partial charge in [0.1, 0.15) is 0 Å². The number of piperidine rings is 1. The van der Waals surface area contributed by atoms with E-state index in [2.05, 4.69) is 10.4 Å². The summed E-state index contributed by atoms with van der Waals surface area (Å²) in [6.07, 6.45) is 6.33. The van der Waals surface area contributed by atoms with Crippen LogP contribution in [-0.4, -0.2) is 51.4 Å². The number of aromatic nitrogens is 2. The molecule has 0 bridgehead atoms. The zero-order valence-electron chi connectivity index (χ0n) is 12.3. The average molecular weight is 294 g/mol. The second-order valence-corrected chi connectivity index (χ2v) is 5.47. The second kappa shape index (κ2) is 7.10. The quantitative estimate of drug-likeness (QED) is 0.804. The number of carbonyl (C=O) groups is 2. The highest BCUT2D eigenvalue weighted by molar-refractivity contribution is 5.74.